The van der Waals surface area contributed by atoms with Crippen LogP contribution in [0.15, 0.2) is 78.9 Å². The third-order valence-corrected chi connectivity index (χ3v) is 9.98. The second-order valence-corrected chi connectivity index (χ2v) is 16.3. The molecule has 4 rings (SSSR count). The summed E-state index contributed by atoms with van der Waals surface area (Å²) in [6.07, 6.45) is 6.22. The summed E-state index contributed by atoms with van der Waals surface area (Å²) in [5.74, 6) is -0.520. The van der Waals surface area contributed by atoms with Gasteiger partial charge >= 0.3 is 0 Å². The van der Waals surface area contributed by atoms with E-state index in [1.807, 2.05) is 36.4 Å². The van der Waals surface area contributed by atoms with Crippen molar-refractivity contribution in [2.45, 2.75) is 91.4 Å². The Morgan fingerprint density at radius 1 is 0.891 bits per heavy atom. The molecule has 1 aliphatic rings. The molecule has 2 unspecified atom stereocenters. The van der Waals surface area contributed by atoms with Crippen LogP contribution in [0.4, 0.5) is 5.69 Å². The predicted octanol–water partition coefficient (Wildman–Crippen LogP) is 9.03. The number of ketones is 1. The molecule has 7 heteroatoms. The number of Topliss-reactive ketones (excluding diaryl/α,β-unsaturated/α-hetero) is 1. The Hall–Kier alpha value is -3.55. The number of anilines is 1. The van der Waals surface area contributed by atoms with Gasteiger partial charge in [-0.2, -0.15) is 8.42 Å². The molecule has 0 bridgehead atoms. The first-order valence-corrected chi connectivity index (χ1v) is 17.9. The number of amides is 1. The lowest BCUT2D eigenvalue weighted by Crippen LogP contribution is -2.23. The van der Waals surface area contributed by atoms with Gasteiger partial charge in [0, 0.05) is 17.7 Å². The van der Waals surface area contributed by atoms with E-state index in [4.69, 9.17) is 4.55 Å². The average Bonchev–Trinajstić information content (AvgIpc) is 2.99. The van der Waals surface area contributed by atoms with E-state index < -0.39 is 21.8 Å². The van der Waals surface area contributed by atoms with Crippen molar-refractivity contribution in [2.24, 2.45) is 11.3 Å². The molecule has 0 aromatic heterocycles. The quantitative estimate of drug-likeness (QED) is 0.160. The maximum absolute atomic E-state index is 13.8. The number of hydrogen-bond acceptors (Lipinski definition) is 4. The summed E-state index contributed by atoms with van der Waals surface area (Å²) in [5, 5.41) is 3.13. The minimum atomic E-state index is -4.10. The molecule has 0 heterocycles. The van der Waals surface area contributed by atoms with Crippen LogP contribution in [-0.2, 0) is 26.7 Å². The number of rotatable bonds is 11. The minimum Gasteiger partial charge on any atom is -0.326 e. The van der Waals surface area contributed by atoms with Crippen molar-refractivity contribution in [3.8, 4) is 0 Å². The fourth-order valence-electron chi connectivity index (χ4n) is 6.08. The third-order valence-electron chi connectivity index (χ3n) is 9.18. The highest BCUT2D eigenvalue weighted by Gasteiger charge is 2.27. The lowest BCUT2D eigenvalue weighted by Gasteiger charge is -2.33. The molecule has 3 aromatic carbocycles. The van der Waals surface area contributed by atoms with Crippen LogP contribution in [0.25, 0.3) is 5.57 Å². The molecule has 1 amide bonds. The van der Waals surface area contributed by atoms with Crippen molar-refractivity contribution in [2.75, 3.05) is 11.1 Å². The van der Waals surface area contributed by atoms with E-state index in [1.54, 1.807) is 12.1 Å². The summed E-state index contributed by atoms with van der Waals surface area (Å²) in [7, 11) is -4.10. The second-order valence-electron chi connectivity index (χ2n) is 14.8. The van der Waals surface area contributed by atoms with Crippen LogP contribution in [-0.4, -0.2) is 30.4 Å². The number of benzene rings is 3. The molecule has 2 atom stereocenters. The maximum Gasteiger partial charge on any atom is 0.264 e. The van der Waals surface area contributed by atoms with Crippen molar-refractivity contribution < 1.29 is 22.6 Å². The van der Waals surface area contributed by atoms with Crippen LogP contribution in [0.3, 0.4) is 0 Å². The van der Waals surface area contributed by atoms with Crippen LogP contribution < -0.4 is 5.32 Å². The van der Waals surface area contributed by atoms with Gasteiger partial charge in [-0.3, -0.25) is 14.1 Å². The van der Waals surface area contributed by atoms with E-state index in [-0.39, 0.29) is 29.9 Å². The highest BCUT2D eigenvalue weighted by atomic mass is 32.2. The first-order chi connectivity index (χ1) is 21.5. The summed E-state index contributed by atoms with van der Waals surface area (Å²) in [6, 6.07) is 23.5. The Labute approximate surface area is 275 Å². The second kappa shape index (κ2) is 14.5. The van der Waals surface area contributed by atoms with Crippen molar-refractivity contribution in [3.63, 3.8) is 0 Å². The molecule has 0 saturated heterocycles. The Kier molecular flexibility index (Phi) is 11.1. The summed E-state index contributed by atoms with van der Waals surface area (Å²) in [6.45, 7) is 13.4. The van der Waals surface area contributed by atoms with Crippen LogP contribution in [0.5, 0.6) is 0 Å². The van der Waals surface area contributed by atoms with Gasteiger partial charge in [0.1, 0.15) is 0 Å². The molecule has 0 spiro atoms. The minimum absolute atomic E-state index is 0.0122. The van der Waals surface area contributed by atoms with Crippen molar-refractivity contribution in [3.05, 3.63) is 107 Å². The molecule has 46 heavy (non-hydrogen) atoms. The average molecular weight is 644 g/mol. The SMILES string of the molecule is CC(C)(C)c1ccc(NC(=O)C(Cc2ccc(C(=O)CCCS(=O)(=O)O)cc2)c2ccc(C3=CCC(C(C)(C)C)CC3)cc2)cc1. The Bertz CT molecular complexity index is 1640. The summed E-state index contributed by atoms with van der Waals surface area (Å²) in [5.41, 5.74) is 7.10. The topological polar surface area (TPSA) is 101 Å². The molecular formula is C39H49NO5S. The molecule has 2 N–H and O–H groups in total. The molecule has 1 aliphatic carbocycles. The lowest BCUT2D eigenvalue weighted by molar-refractivity contribution is -0.117. The van der Waals surface area contributed by atoms with Gasteiger partial charge in [0.05, 0.1) is 11.7 Å². The smallest absolute Gasteiger partial charge is 0.264 e. The lowest BCUT2D eigenvalue weighted by atomic mass is 9.72. The fraction of sp³-hybridized carbons (Fsp3) is 0.436. The van der Waals surface area contributed by atoms with Crippen molar-refractivity contribution in [1.82, 2.24) is 0 Å². The van der Waals surface area contributed by atoms with E-state index in [1.165, 1.54) is 23.1 Å². The molecule has 0 aliphatic heterocycles. The van der Waals surface area contributed by atoms with Gasteiger partial charge in [-0.15, -0.1) is 0 Å². The van der Waals surface area contributed by atoms with Crippen LogP contribution >= 0.6 is 0 Å². The number of allylic oxidation sites excluding steroid dienone is 2. The van der Waals surface area contributed by atoms with E-state index in [0.717, 1.165) is 29.7 Å². The summed E-state index contributed by atoms with van der Waals surface area (Å²) < 4.78 is 30.9. The summed E-state index contributed by atoms with van der Waals surface area (Å²) in [4.78, 5) is 26.4. The Balaban J connectivity index is 1.53. The largest absolute Gasteiger partial charge is 0.326 e. The van der Waals surface area contributed by atoms with Gasteiger partial charge in [0.15, 0.2) is 5.78 Å². The Morgan fingerprint density at radius 3 is 2.04 bits per heavy atom. The molecule has 0 fully saturated rings. The van der Waals surface area contributed by atoms with E-state index in [0.29, 0.717) is 23.3 Å². The normalized spacial score (nSPS) is 16.4. The standard InChI is InChI=1S/C39H49NO5S/c1-38(2,3)32-19-17-29(18-20-32)28-13-15-30(16-14-28)35(37(42)40-34-23-21-33(22-24-34)39(4,5)6)26-27-9-11-31(12-10-27)36(41)8-7-25-46(43,44)45/h9-17,21-24,32,35H,7-8,18-20,25-26H2,1-6H3,(H,40,42)(H,43,44,45). The highest BCUT2D eigenvalue weighted by molar-refractivity contribution is 7.85. The third kappa shape index (κ3) is 9.97. The number of hydrogen-bond donors (Lipinski definition) is 2. The number of carbonyl (C=O) groups excluding carboxylic acids is 2. The molecular weight excluding hydrogens is 594 g/mol. The fourth-order valence-corrected chi connectivity index (χ4v) is 6.59. The number of carbonyl (C=O) groups is 2. The zero-order valence-corrected chi connectivity index (χ0v) is 28.9. The van der Waals surface area contributed by atoms with Crippen LogP contribution in [0.1, 0.15) is 112 Å². The maximum atomic E-state index is 13.8. The Morgan fingerprint density at radius 2 is 1.52 bits per heavy atom. The van der Waals surface area contributed by atoms with Gasteiger partial charge in [-0.1, -0.05) is 108 Å². The first-order valence-electron chi connectivity index (χ1n) is 16.3. The van der Waals surface area contributed by atoms with Gasteiger partial charge in [0.2, 0.25) is 5.91 Å². The molecule has 246 valence electrons. The van der Waals surface area contributed by atoms with Gasteiger partial charge in [0.25, 0.3) is 10.1 Å². The van der Waals surface area contributed by atoms with Crippen molar-refractivity contribution in [1.29, 1.82) is 0 Å². The highest BCUT2D eigenvalue weighted by Crippen LogP contribution is 2.40. The van der Waals surface area contributed by atoms with Crippen LogP contribution in [0, 0.1) is 11.3 Å². The van der Waals surface area contributed by atoms with E-state index in [2.05, 4.69) is 77.2 Å². The molecule has 6 nitrogen and oxygen atoms in total. The zero-order chi connectivity index (χ0) is 33.7. The van der Waals surface area contributed by atoms with Gasteiger partial charge in [-0.05, 0) is 88.8 Å². The first kappa shape index (κ1) is 35.3. The van der Waals surface area contributed by atoms with Gasteiger partial charge in [-0.25, -0.2) is 0 Å². The van der Waals surface area contributed by atoms with Crippen molar-refractivity contribution >= 4 is 33.1 Å². The zero-order valence-electron chi connectivity index (χ0n) is 28.1. The van der Waals surface area contributed by atoms with Gasteiger partial charge < -0.3 is 5.32 Å². The monoisotopic (exact) mass is 643 g/mol. The summed E-state index contributed by atoms with van der Waals surface area (Å²) >= 11 is 0. The predicted molar refractivity (Wildman–Crippen MR) is 188 cm³/mol. The van der Waals surface area contributed by atoms with E-state index in [9.17, 15) is 18.0 Å². The van der Waals surface area contributed by atoms with Crippen LogP contribution in [0.2, 0.25) is 0 Å². The molecule has 3 aromatic rings. The molecule has 0 saturated carbocycles. The van der Waals surface area contributed by atoms with E-state index >= 15 is 0 Å². The molecule has 0 radical (unpaired) electrons. The number of nitrogens with one attached hydrogen (secondary N) is 1.